The van der Waals surface area contributed by atoms with Crippen molar-refractivity contribution in [1.82, 2.24) is 4.98 Å². The number of rotatable bonds is 1. The number of aromatic nitrogens is 1. The summed E-state index contributed by atoms with van der Waals surface area (Å²) in [6, 6.07) is 10.4. The van der Waals surface area contributed by atoms with Crippen LogP contribution in [0.3, 0.4) is 0 Å². The van der Waals surface area contributed by atoms with E-state index < -0.39 is 0 Å². The lowest BCUT2D eigenvalue weighted by atomic mass is 10.2. The molecule has 2 nitrogen and oxygen atoms in total. The van der Waals surface area contributed by atoms with Crippen LogP contribution in [0.2, 0.25) is 0 Å². The van der Waals surface area contributed by atoms with Crippen molar-refractivity contribution >= 4 is 37.4 Å². The predicted molar refractivity (Wildman–Crippen MR) is 65.0 cm³/mol. The Morgan fingerprint density at radius 1 is 1.27 bits per heavy atom. The number of hydrogen-bond donors (Lipinski definition) is 0. The summed E-state index contributed by atoms with van der Waals surface area (Å²) in [5.41, 5.74) is 0.878. The summed E-state index contributed by atoms with van der Waals surface area (Å²) in [6.45, 7) is 0. The minimum atomic E-state index is 0.523. The van der Waals surface area contributed by atoms with E-state index in [1.165, 1.54) is 10.1 Å². The van der Waals surface area contributed by atoms with E-state index in [-0.39, 0.29) is 0 Å². The number of fused-ring (bicyclic) bond motifs is 1. The van der Waals surface area contributed by atoms with Gasteiger partial charge in [-0.2, -0.15) is 0 Å². The maximum absolute atomic E-state index is 5.13. The van der Waals surface area contributed by atoms with Gasteiger partial charge in [-0.1, -0.05) is 18.2 Å². The van der Waals surface area contributed by atoms with Crippen molar-refractivity contribution in [2.24, 2.45) is 0 Å². The van der Waals surface area contributed by atoms with E-state index in [2.05, 4.69) is 39.1 Å². The lowest BCUT2D eigenvalue weighted by Crippen LogP contribution is -1.68. The number of nitrogens with zero attached hydrogens (tertiary/aromatic N) is 1. The zero-order valence-electron chi connectivity index (χ0n) is 7.61. The zero-order chi connectivity index (χ0) is 10.3. The van der Waals surface area contributed by atoms with Crippen molar-refractivity contribution in [3.63, 3.8) is 0 Å². The van der Waals surface area contributed by atoms with Gasteiger partial charge in [-0.15, -0.1) is 11.3 Å². The SMILES string of the molecule is Brc1nc(-c2cc3ccccc3s2)co1. The highest BCUT2D eigenvalue weighted by molar-refractivity contribution is 9.10. The van der Waals surface area contributed by atoms with Crippen LogP contribution in [-0.2, 0) is 0 Å². The molecule has 0 aliphatic rings. The summed E-state index contributed by atoms with van der Waals surface area (Å²) in [7, 11) is 0. The van der Waals surface area contributed by atoms with E-state index in [1.54, 1.807) is 17.6 Å². The topological polar surface area (TPSA) is 26.0 Å². The molecule has 0 unspecified atom stereocenters. The Labute approximate surface area is 98.7 Å². The van der Waals surface area contributed by atoms with E-state index in [0.29, 0.717) is 4.80 Å². The Hall–Kier alpha value is -1.13. The molecule has 3 rings (SSSR count). The molecule has 4 heteroatoms. The first kappa shape index (κ1) is 9.12. The van der Waals surface area contributed by atoms with Gasteiger partial charge in [-0.05, 0) is 17.5 Å². The van der Waals surface area contributed by atoms with Crippen molar-refractivity contribution in [3.05, 3.63) is 41.4 Å². The van der Waals surface area contributed by atoms with Crippen LogP contribution in [0.25, 0.3) is 20.7 Å². The summed E-state index contributed by atoms with van der Waals surface area (Å²) in [4.78, 5) is 5.89. The van der Waals surface area contributed by atoms with Gasteiger partial charge < -0.3 is 4.42 Å². The lowest BCUT2D eigenvalue weighted by Gasteiger charge is -1.83. The highest BCUT2D eigenvalue weighted by Gasteiger charge is 2.07. The third-order valence-corrected chi connectivity index (χ3v) is 3.66. The van der Waals surface area contributed by atoms with Crippen molar-refractivity contribution in [3.8, 4) is 10.6 Å². The normalized spacial score (nSPS) is 11.0. The lowest BCUT2D eigenvalue weighted by molar-refractivity contribution is 0.529. The van der Waals surface area contributed by atoms with Crippen LogP contribution in [0.4, 0.5) is 0 Å². The van der Waals surface area contributed by atoms with Crippen LogP contribution in [0.1, 0.15) is 0 Å². The van der Waals surface area contributed by atoms with Crippen molar-refractivity contribution in [2.75, 3.05) is 0 Å². The van der Waals surface area contributed by atoms with Crippen LogP contribution < -0.4 is 0 Å². The first-order valence-electron chi connectivity index (χ1n) is 4.43. The van der Waals surface area contributed by atoms with Crippen LogP contribution >= 0.6 is 27.3 Å². The van der Waals surface area contributed by atoms with Crippen LogP contribution in [0.5, 0.6) is 0 Å². The Bertz CT molecular complexity index is 581. The minimum Gasteiger partial charge on any atom is -0.439 e. The molecule has 0 saturated heterocycles. The molecule has 0 radical (unpaired) electrons. The molecule has 0 fully saturated rings. The Morgan fingerprint density at radius 2 is 2.13 bits per heavy atom. The largest absolute Gasteiger partial charge is 0.439 e. The second kappa shape index (κ2) is 3.47. The molecule has 74 valence electrons. The van der Waals surface area contributed by atoms with Crippen molar-refractivity contribution in [1.29, 1.82) is 0 Å². The van der Waals surface area contributed by atoms with E-state index in [0.717, 1.165) is 10.6 Å². The molecular formula is C11H6BrNOS. The summed E-state index contributed by atoms with van der Waals surface area (Å²) < 4.78 is 6.40. The first-order valence-corrected chi connectivity index (χ1v) is 6.04. The molecule has 2 heterocycles. The van der Waals surface area contributed by atoms with E-state index in [4.69, 9.17) is 4.42 Å². The minimum absolute atomic E-state index is 0.523. The van der Waals surface area contributed by atoms with Gasteiger partial charge in [-0.3, -0.25) is 0 Å². The van der Waals surface area contributed by atoms with Crippen LogP contribution in [-0.4, -0.2) is 4.98 Å². The van der Waals surface area contributed by atoms with E-state index in [9.17, 15) is 0 Å². The average molecular weight is 280 g/mol. The van der Waals surface area contributed by atoms with Gasteiger partial charge in [0.2, 0.25) is 0 Å². The number of halogens is 1. The molecule has 0 amide bonds. The zero-order valence-corrected chi connectivity index (χ0v) is 10.0. The fourth-order valence-electron chi connectivity index (χ4n) is 1.47. The van der Waals surface area contributed by atoms with Crippen LogP contribution in [0, 0.1) is 0 Å². The number of oxazole rings is 1. The molecule has 3 aromatic rings. The van der Waals surface area contributed by atoms with E-state index in [1.807, 2.05) is 12.1 Å². The fraction of sp³-hybridized carbons (Fsp3) is 0. The van der Waals surface area contributed by atoms with Gasteiger partial charge in [0.05, 0.1) is 4.88 Å². The van der Waals surface area contributed by atoms with Gasteiger partial charge in [0.25, 0.3) is 4.80 Å². The molecule has 0 saturated carbocycles. The van der Waals surface area contributed by atoms with Gasteiger partial charge in [0.1, 0.15) is 12.0 Å². The van der Waals surface area contributed by atoms with Gasteiger partial charge in [0, 0.05) is 20.6 Å². The number of thiophene rings is 1. The molecule has 1 aromatic carbocycles. The quantitative estimate of drug-likeness (QED) is 0.663. The summed E-state index contributed by atoms with van der Waals surface area (Å²) in [5.74, 6) is 0. The van der Waals surface area contributed by atoms with Gasteiger partial charge in [-0.25, -0.2) is 4.98 Å². The third kappa shape index (κ3) is 1.60. The second-order valence-corrected chi connectivity index (χ2v) is 4.90. The Morgan fingerprint density at radius 3 is 2.87 bits per heavy atom. The number of benzene rings is 1. The first-order chi connectivity index (χ1) is 7.33. The molecule has 0 atom stereocenters. The molecule has 0 N–H and O–H groups in total. The molecule has 0 aliphatic carbocycles. The van der Waals surface area contributed by atoms with Crippen molar-refractivity contribution in [2.45, 2.75) is 0 Å². The summed E-state index contributed by atoms with van der Waals surface area (Å²) in [6.07, 6.45) is 1.66. The summed E-state index contributed by atoms with van der Waals surface area (Å²) >= 11 is 4.92. The maximum Gasteiger partial charge on any atom is 0.264 e. The molecule has 15 heavy (non-hydrogen) atoms. The molecular weight excluding hydrogens is 274 g/mol. The van der Waals surface area contributed by atoms with E-state index >= 15 is 0 Å². The smallest absolute Gasteiger partial charge is 0.264 e. The maximum atomic E-state index is 5.13. The van der Waals surface area contributed by atoms with Crippen molar-refractivity contribution < 1.29 is 4.42 Å². The Kier molecular flexibility index (Phi) is 2.11. The predicted octanol–water partition coefficient (Wildman–Crippen LogP) is 4.32. The monoisotopic (exact) mass is 279 g/mol. The highest BCUT2D eigenvalue weighted by Crippen LogP contribution is 2.33. The standard InChI is InChI=1S/C11H6BrNOS/c12-11-13-8(6-14-11)10-5-7-3-1-2-4-9(7)15-10/h1-6H. The molecule has 2 aromatic heterocycles. The molecule has 0 bridgehead atoms. The van der Waals surface area contributed by atoms with Gasteiger partial charge >= 0.3 is 0 Å². The molecule has 0 aliphatic heterocycles. The molecule has 0 spiro atoms. The van der Waals surface area contributed by atoms with Gasteiger partial charge in [0.15, 0.2) is 0 Å². The average Bonchev–Trinajstić information content (AvgIpc) is 2.82. The Balaban J connectivity index is 2.19. The fourth-order valence-corrected chi connectivity index (χ4v) is 2.77. The second-order valence-electron chi connectivity index (χ2n) is 3.13. The number of hydrogen-bond acceptors (Lipinski definition) is 3. The third-order valence-electron chi connectivity index (χ3n) is 2.15. The summed E-state index contributed by atoms with van der Waals surface area (Å²) in [5, 5.41) is 1.25. The highest BCUT2D eigenvalue weighted by atomic mass is 79.9. The van der Waals surface area contributed by atoms with Crippen LogP contribution in [0.15, 0.2) is 45.8 Å².